The molecular weight excluding hydrogens is 288 g/mol. The zero-order valence-electron chi connectivity index (χ0n) is 11.8. The predicted octanol–water partition coefficient (Wildman–Crippen LogP) is 2.44. The van der Waals surface area contributed by atoms with Crippen molar-refractivity contribution in [2.45, 2.75) is 33.2 Å². The number of ketones is 1. The van der Waals surface area contributed by atoms with E-state index in [0.717, 1.165) is 9.75 Å². The monoisotopic (exact) mass is 306 g/mol. The summed E-state index contributed by atoms with van der Waals surface area (Å²) in [6.45, 7) is 1.77. The quantitative estimate of drug-likeness (QED) is 0.824. The van der Waals surface area contributed by atoms with Crippen LogP contribution in [0.1, 0.15) is 27.8 Å². The smallest absolute Gasteiger partial charge is 0.135 e. The van der Waals surface area contributed by atoms with E-state index in [0.29, 0.717) is 29.9 Å². The van der Waals surface area contributed by atoms with Gasteiger partial charge >= 0.3 is 0 Å². The van der Waals surface area contributed by atoms with Crippen molar-refractivity contribution in [3.8, 4) is 5.75 Å². The van der Waals surface area contributed by atoms with E-state index in [1.54, 1.807) is 36.5 Å². The molecule has 0 aliphatic heterocycles. The number of aliphatic hydroxyl groups is 2. The van der Waals surface area contributed by atoms with Crippen LogP contribution in [0.25, 0.3) is 0 Å². The van der Waals surface area contributed by atoms with Crippen molar-refractivity contribution in [2.75, 3.05) is 0 Å². The first-order valence-corrected chi connectivity index (χ1v) is 7.47. The van der Waals surface area contributed by atoms with E-state index in [-0.39, 0.29) is 19.0 Å². The fourth-order valence-electron chi connectivity index (χ4n) is 1.99. The first-order chi connectivity index (χ1) is 10.1. The van der Waals surface area contributed by atoms with Crippen LogP contribution in [0.5, 0.6) is 5.75 Å². The van der Waals surface area contributed by atoms with Gasteiger partial charge in [-0.05, 0) is 42.3 Å². The summed E-state index contributed by atoms with van der Waals surface area (Å²) in [6, 6.07) is 9.15. The summed E-state index contributed by atoms with van der Waals surface area (Å²) in [5.74, 6) is 0.800. The van der Waals surface area contributed by atoms with Crippen LogP contribution in [0.2, 0.25) is 0 Å². The maximum atomic E-state index is 11.1. The van der Waals surface area contributed by atoms with E-state index in [1.165, 1.54) is 0 Å². The molecule has 0 amide bonds. The van der Waals surface area contributed by atoms with Gasteiger partial charge in [0.15, 0.2) is 0 Å². The van der Waals surface area contributed by atoms with E-state index in [4.69, 9.17) is 9.84 Å². The summed E-state index contributed by atoms with van der Waals surface area (Å²) < 4.78 is 5.69. The summed E-state index contributed by atoms with van der Waals surface area (Å²) in [7, 11) is 0. The van der Waals surface area contributed by atoms with Crippen LogP contribution in [0, 0.1) is 0 Å². The third-order valence-corrected chi connectivity index (χ3v) is 4.10. The van der Waals surface area contributed by atoms with Crippen LogP contribution in [0.3, 0.4) is 0 Å². The molecule has 0 aliphatic carbocycles. The Morgan fingerprint density at radius 2 is 1.81 bits per heavy atom. The highest BCUT2D eigenvalue weighted by Gasteiger charge is 2.06. The van der Waals surface area contributed by atoms with Gasteiger partial charge in [-0.2, -0.15) is 0 Å². The number of hydrogen-bond acceptors (Lipinski definition) is 5. The Balaban J connectivity index is 1.99. The lowest BCUT2D eigenvalue weighted by Gasteiger charge is -2.09. The number of carbonyl (C=O) groups is 1. The highest BCUT2D eigenvalue weighted by molar-refractivity contribution is 7.12. The number of benzene rings is 1. The SMILES string of the molecule is CC(=O)Cc1ccc(COc2ccc(CO)c(CO)c2)s1. The summed E-state index contributed by atoms with van der Waals surface area (Å²) in [5, 5.41) is 18.4. The van der Waals surface area contributed by atoms with Crippen molar-refractivity contribution in [2.24, 2.45) is 0 Å². The molecule has 0 radical (unpaired) electrons. The van der Waals surface area contributed by atoms with Gasteiger partial charge in [0.25, 0.3) is 0 Å². The first-order valence-electron chi connectivity index (χ1n) is 6.65. The third kappa shape index (κ3) is 4.39. The zero-order valence-corrected chi connectivity index (χ0v) is 12.7. The van der Waals surface area contributed by atoms with Crippen molar-refractivity contribution in [1.82, 2.24) is 0 Å². The lowest BCUT2D eigenvalue weighted by molar-refractivity contribution is -0.116. The van der Waals surface area contributed by atoms with Gasteiger partial charge < -0.3 is 14.9 Å². The third-order valence-electron chi connectivity index (χ3n) is 3.04. The van der Waals surface area contributed by atoms with Crippen molar-refractivity contribution in [3.63, 3.8) is 0 Å². The molecule has 2 rings (SSSR count). The van der Waals surface area contributed by atoms with Gasteiger partial charge in [-0.15, -0.1) is 11.3 Å². The van der Waals surface area contributed by atoms with Crippen molar-refractivity contribution in [3.05, 3.63) is 51.2 Å². The van der Waals surface area contributed by atoms with E-state index in [2.05, 4.69) is 0 Å². The Morgan fingerprint density at radius 1 is 1.10 bits per heavy atom. The lowest BCUT2D eigenvalue weighted by atomic mass is 10.1. The molecule has 2 N–H and O–H groups in total. The van der Waals surface area contributed by atoms with Gasteiger partial charge in [-0.25, -0.2) is 0 Å². The number of thiophene rings is 1. The molecule has 0 spiro atoms. The second-order valence-electron chi connectivity index (χ2n) is 4.78. The number of ether oxygens (including phenoxy) is 1. The first kappa shape index (κ1) is 15.7. The highest BCUT2D eigenvalue weighted by Crippen LogP contribution is 2.22. The molecule has 4 nitrogen and oxygen atoms in total. The minimum absolute atomic E-state index is 0.102. The molecule has 0 saturated heterocycles. The van der Waals surface area contributed by atoms with Crippen LogP contribution < -0.4 is 4.74 Å². The minimum Gasteiger partial charge on any atom is -0.488 e. The van der Waals surface area contributed by atoms with Gasteiger partial charge in [0.2, 0.25) is 0 Å². The molecule has 0 unspecified atom stereocenters. The van der Waals surface area contributed by atoms with Crippen LogP contribution in [0.4, 0.5) is 0 Å². The molecule has 1 aromatic heterocycles. The van der Waals surface area contributed by atoms with E-state index < -0.39 is 0 Å². The molecule has 2 aromatic rings. The molecule has 112 valence electrons. The fourth-order valence-corrected chi connectivity index (χ4v) is 2.99. The number of Topliss-reactive ketones (excluding diaryl/α,β-unsaturated/α-hetero) is 1. The topological polar surface area (TPSA) is 66.8 Å². The van der Waals surface area contributed by atoms with Crippen LogP contribution in [0.15, 0.2) is 30.3 Å². The standard InChI is InChI=1S/C16H18O4S/c1-11(19)6-15-4-5-16(21-15)10-20-14-3-2-12(8-17)13(7-14)9-18/h2-5,7,17-18H,6,8-10H2,1H3. The van der Waals surface area contributed by atoms with Gasteiger partial charge in [0.05, 0.1) is 13.2 Å². The average molecular weight is 306 g/mol. The van der Waals surface area contributed by atoms with Crippen molar-refractivity contribution < 1.29 is 19.7 Å². The van der Waals surface area contributed by atoms with Crippen molar-refractivity contribution in [1.29, 1.82) is 0 Å². The van der Waals surface area contributed by atoms with Gasteiger partial charge in [0.1, 0.15) is 18.1 Å². The van der Waals surface area contributed by atoms with Gasteiger partial charge in [-0.1, -0.05) is 6.07 Å². The number of aliphatic hydroxyl groups excluding tert-OH is 2. The number of hydrogen-bond donors (Lipinski definition) is 2. The Labute approximate surface area is 127 Å². The second kappa shape index (κ2) is 7.36. The Kier molecular flexibility index (Phi) is 5.50. The number of rotatable bonds is 7. The molecule has 1 aromatic carbocycles. The summed E-state index contributed by atoms with van der Waals surface area (Å²) >= 11 is 1.56. The fraction of sp³-hybridized carbons (Fsp3) is 0.312. The molecule has 5 heteroatoms. The number of carbonyl (C=O) groups excluding carboxylic acids is 1. The van der Waals surface area contributed by atoms with E-state index in [9.17, 15) is 9.90 Å². The molecule has 0 aliphatic rings. The summed E-state index contributed by atoms with van der Waals surface area (Å²) in [4.78, 5) is 13.1. The highest BCUT2D eigenvalue weighted by atomic mass is 32.1. The van der Waals surface area contributed by atoms with Crippen LogP contribution in [-0.4, -0.2) is 16.0 Å². The van der Waals surface area contributed by atoms with E-state index >= 15 is 0 Å². The van der Waals surface area contributed by atoms with E-state index in [1.807, 2.05) is 12.1 Å². The Morgan fingerprint density at radius 3 is 2.48 bits per heavy atom. The summed E-state index contributed by atoms with van der Waals surface area (Å²) in [6.07, 6.45) is 0.463. The molecule has 0 atom stereocenters. The largest absolute Gasteiger partial charge is 0.488 e. The predicted molar refractivity (Wildman–Crippen MR) is 81.3 cm³/mol. The maximum Gasteiger partial charge on any atom is 0.135 e. The van der Waals surface area contributed by atoms with Crippen molar-refractivity contribution >= 4 is 17.1 Å². The Hall–Kier alpha value is -1.69. The second-order valence-corrected chi connectivity index (χ2v) is 6.04. The molecule has 1 heterocycles. The average Bonchev–Trinajstić information content (AvgIpc) is 2.91. The molecular formula is C16H18O4S. The molecule has 0 saturated carbocycles. The van der Waals surface area contributed by atoms with Gasteiger partial charge in [-0.3, -0.25) is 4.79 Å². The van der Waals surface area contributed by atoms with Gasteiger partial charge in [0, 0.05) is 16.2 Å². The normalized spacial score (nSPS) is 10.6. The molecule has 0 bridgehead atoms. The maximum absolute atomic E-state index is 11.1. The molecule has 21 heavy (non-hydrogen) atoms. The van der Waals surface area contributed by atoms with Crippen LogP contribution in [-0.2, 0) is 31.0 Å². The van der Waals surface area contributed by atoms with Crippen LogP contribution >= 0.6 is 11.3 Å². The Bertz CT molecular complexity index is 618. The minimum atomic E-state index is -0.130. The zero-order chi connectivity index (χ0) is 15.2. The molecule has 0 fully saturated rings. The lowest BCUT2D eigenvalue weighted by Crippen LogP contribution is -1.97. The summed E-state index contributed by atoms with van der Waals surface area (Å²) in [5.41, 5.74) is 1.36.